The Morgan fingerprint density at radius 2 is 1.79 bits per heavy atom. The normalized spacial score (nSPS) is 21.5. The maximum atomic E-state index is 12.9. The van der Waals surface area contributed by atoms with Crippen LogP contribution in [0, 0.1) is 13.8 Å². The molecule has 0 aromatic carbocycles. The fraction of sp³-hybridized carbons (Fsp3) is 0.722. The summed E-state index contributed by atoms with van der Waals surface area (Å²) in [5.74, 6) is 0.218. The number of hydrogen-bond donors (Lipinski definition) is 0. The maximum Gasteiger partial charge on any atom is 0.248 e. The largest absolute Gasteiger partial charge is 0.360 e. The van der Waals surface area contributed by atoms with Gasteiger partial charge in [0.2, 0.25) is 21.8 Å². The van der Waals surface area contributed by atoms with Gasteiger partial charge in [0.15, 0.2) is 5.76 Å². The zero-order chi connectivity index (χ0) is 21.3. The van der Waals surface area contributed by atoms with Gasteiger partial charge in [-0.2, -0.15) is 4.31 Å². The Labute approximate surface area is 171 Å². The summed E-state index contributed by atoms with van der Waals surface area (Å²) in [6.07, 6.45) is 1.65. The molecule has 11 heteroatoms. The molecule has 0 N–H and O–H groups in total. The molecule has 1 aromatic heterocycles. The Kier molecular flexibility index (Phi) is 6.30. The van der Waals surface area contributed by atoms with Crippen LogP contribution in [0.3, 0.4) is 0 Å². The first-order valence-corrected chi connectivity index (χ1v) is 11.2. The van der Waals surface area contributed by atoms with E-state index in [9.17, 15) is 18.0 Å². The van der Waals surface area contributed by atoms with E-state index in [2.05, 4.69) is 5.16 Å². The van der Waals surface area contributed by atoms with E-state index in [-0.39, 0.29) is 48.1 Å². The molecule has 162 valence electrons. The molecule has 2 saturated heterocycles. The van der Waals surface area contributed by atoms with Gasteiger partial charge >= 0.3 is 0 Å². The smallest absolute Gasteiger partial charge is 0.248 e. The number of amides is 2. The van der Waals surface area contributed by atoms with Gasteiger partial charge in [0.05, 0.1) is 12.6 Å². The fourth-order valence-electron chi connectivity index (χ4n) is 4.02. The molecule has 0 saturated carbocycles. The molecule has 10 nitrogen and oxygen atoms in total. The summed E-state index contributed by atoms with van der Waals surface area (Å²) in [6.45, 7) is 5.16. The second kappa shape index (κ2) is 8.41. The van der Waals surface area contributed by atoms with E-state index in [1.807, 2.05) is 4.90 Å². The summed E-state index contributed by atoms with van der Waals surface area (Å²) in [7, 11) is -0.260. The molecule has 2 aliphatic heterocycles. The standard InChI is InChI=1S/C18H29N5O5S/c1-13-17(14(2)28-19-13)29(26,27)23-10-8-21(9-11-23)16(24)12-22-7-5-6-15(22)18(25)20(3)4/h15H,5-12H2,1-4H3. The van der Waals surface area contributed by atoms with Gasteiger partial charge in [0.25, 0.3) is 0 Å². The summed E-state index contributed by atoms with van der Waals surface area (Å²) in [6, 6.07) is -0.254. The van der Waals surface area contributed by atoms with Crippen molar-refractivity contribution in [2.75, 3.05) is 53.4 Å². The highest BCUT2D eigenvalue weighted by molar-refractivity contribution is 7.89. The summed E-state index contributed by atoms with van der Waals surface area (Å²) in [5, 5.41) is 3.73. The third-order valence-corrected chi connectivity index (χ3v) is 7.73. The third-order valence-electron chi connectivity index (χ3n) is 5.58. The van der Waals surface area contributed by atoms with Crippen LogP contribution in [0.5, 0.6) is 0 Å². The fourth-order valence-corrected chi connectivity index (χ4v) is 5.73. The molecule has 2 amide bonds. The van der Waals surface area contributed by atoms with Crippen molar-refractivity contribution in [2.45, 2.75) is 37.6 Å². The van der Waals surface area contributed by atoms with Crippen LogP contribution in [0.4, 0.5) is 0 Å². The minimum atomic E-state index is -3.70. The highest BCUT2D eigenvalue weighted by Crippen LogP contribution is 2.24. The van der Waals surface area contributed by atoms with E-state index in [1.165, 1.54) is 4.31 Å². The van der Waals surface area contributed by atoms with Crippen LogP contribution in [0.2, 0.25) is 0 Å². The van der Waals surface area contributed by atoms with Crippen molar-refractivity contribution in [1.82, 2.24) is 24.2 Å². The average Bonchev–Trinajstić information content (AvgIpc) is 3.27. The maximum absolute atomic E-state index is 12.9. The zero-order valence-electron chi connectivity index (χ0n) is 17.4. The number of hydrogen-bond acceptors (Lipinski definition) is 7. The van der Waals surface area contributed by atoms with Gasteiger partial charge in [-0.15, -0.1) is 0 Å². The van der Waals surface area contributed by atoms with Gasteiger partial charge in [0.1, 0.15) is 10.6 Å². The predicted octanol–water partition coefficient (Wildman–Crippen LogP) is -0.323. The predicted molar refractivity (Wildman–Crippen MR) is 105 cm³/mol. The Morgan fingerprint density at radius 3 is 2.34 bits per heavy atom. The quantitative estimate of drug-likeness (QED) is 0.634. The van der Waals surface area contributed by atoms with Crippen LogP contribution >= 0.6 is 0 Å². The van der Waals surface area contributed by atoms with E-state index in [0.29, 0.717) is 18.8 Å². The van der Waals surface area contributed by atoms with E-state index in [0.717, 1.165) is 19.4 Å². The Balaban J connectivity index is 1.59. The summed E-state index contributed by atoms with van der Waals surface area (Å²) in [4.78, 5) is 30.3. The molecule has 2 fully saturated rings. The average molecular weight is 428 g/mol. The molecule has 3 rings (SSSR count). The molecule has 1 atom stereocenters. The molecule has 0 aliphatic carbocycles. The van der Waals surface area contributed by atoms with Gasteiger partial charge in [-0.3, -0.25) is 14.5 Å². The number of likely N-dealkylation sites (tertiary alicyclic amines) is 1. The highest BCUT2D eigenvalue weighted by Gasteiger charge is 2.36. The molecule has 2 aliphatic rings. The van der Waals surface area contributed by atoms with E-state index in [4.69, 9.17) is 4.52 Å². The van der Waals surface area contributed by atoms with Gasteiger partial charge < -0.3 is 14.3 Å². The van der Waals surface area contributed by atoms with Crippen LogP contribution in [0.1, 0.15) is 24.3 Å². The second-order valence-corrected chi connectivity index (χ2v) is 9.67. The first kappa shape index (κ1) is 21.7. The highest BCUT2D eigenvalue weighted by atomic mass is 32.2. The molecule has 3 heterocycles. The molecular weight excluding hydrogens is 398 g/mol. The Bertz CT molecular complexity index is 854. The van der Waals surface area contributed by atoms with Gasteiger partial charge in [-0.25, -0.2) is 8.42 Å². The first-order chi connectivity index (χ1) is 13.6. The number of sulfonamides is 1. The SMILES string of the molecule is Cc1noc(C)c1S(=O)(=O)N1CCN(C(=O)CN2CCCC2C(=O)N(C)C)CC1. The number of aryl methyl sites for hydroxylation is 2. The lowest BCUT2D eigenvalue weighted by molar-refractivity contribution is -0.137. The molecule has 1 unspecified atom stereocenters. The molecule has 0 spiro atoms. The minimum absolute atomic E-state index is 0.0191. The van der Waals surface area contributed by atoms with Crippen molar-refractivity contribution in [3.63, 3.8) is 0 Å². The minimum Gasteiger partial charge on any atom is -0.360 e. The summed E-state index contributed by atoms with van der Waals surface area (Å²) in [5.41, 5.74) is 0.339. The first-order valence-electron chi connectivity index (χ1n) is 9.79. The second-order valence-electron chi connectivity index (χ2n) is 7.80. The van der Waals surface area contributed by atoms with E-state index in [1.54, 1.807) is 37.7 Å². The van der Waals surface area contributed by atoms with Crippen molar-refractivity contribution >= 4 is 21.8 Å². The van der Waals surface area contributed by atoms with Gasteiger partial charge in [-0.05, 0) is 33.2 Å². The summed E-state index contributed by atoms with van der Waals surface area (Å²) < 4.78 is 32.2. The summed E-state index contributed by atoms with van der Waals surface area (Å²) >= 11 is 0. The van der Waals surface area contributed by atoms with Crippen LogP contribution in [-0.4, -0.2) is 104 Å². The number of aromatic nitrogens is 1. The lowest BCUT2D eigenvalue weighted by Crippen LogP contribution is -2.53. The zero-order valence-corrected chi connectivity index (χ0v) is 18.2. The molecule has 0 radical (unpaired) electrons. The third kappa shape index (κ3) is 4.31. The van der Waals surface area contributed by atoms with Crippen molar-refractivity contribution in [1.29, 1.82) is 0 Å². The molecule has 29 heavy (non-hydrogen) atoms. The van der Waals surface area contributed by atoms with Crippen LogP contribution in [-0.2, 0) is 19.6 Å². The Hall–Kier alpha value is -1.98. The molecule has 1 aromatic rings. The van der Waals surface area contributed by atoms with Gasteiger partial charge in [0, 0.05) is 40.3 Å². The molecular formula is C18H29N5O5S. The number of rotatable bonds is 5. The lowest BCUT2D eigenvalue weighted by Gasteiger charge is -2.35. The number of likely N-dealkylation sites (N-methyl/N-ethyl adjacent to an activating group) is 1. The van der Waals surface area contributed by atoms with Crippen LogP contribution in [0.25, 0.3) is 0 Å². The Morgan fingerprint density at radius 1 is 1.14 bits per heavy atom. The molecule has 0 bridgehead atoms. The number of nitrogens with zero attached hydrogens (tertiary/aromatic N) is 5. The number of carbonyl (C=O) groups is 2. The van der Waals surface area contributed by atoms with Crippen molar-refractivity contribution in [3.05, 3.63) is 11.5 Å². The number of carbonyl (C=O) groups excluding carboxylic acids is 2. The van der Waals surface area contributed by atoms with Crippen LogP contribution < -0.4 is 0 Å². The van der Waals surface area contributed by atoms with Crippen LogP contribution in [0.15, 0.2) is 9.42 Å². The topological polar surface area (TPSA) is 107 Å². The van der Waals surface area contributed by atoms with Gasteiger partial charge in [-0.1, -0.05) is 5.16 Å². The monoisotopic (exact) mass is 427 g/mol. The van der Waals surface area contributed by atoms with E-state index >= 15 is 0 Å². The van der Waals surface area contributed by atoms with Crippen molar-refractivity contribution < 1.29 is 22.5 Å². The lowest BCUT2D eigenvalue weighted by atomic mass is 10.2. The number of piperazine rings is 1. The van der Waals surface area contributed by atoms with E-state index < -0.39 is 10.0 Å². The van der Waals surface area contributed by atoms with Crippen molar-refractivity contribution in [2.24, 2.45) is 0 Å². The van der Waals surface area contributed by atoms with Crippen molar-refractivity contribution in [3.8, 4) is 0 Å².